The smallest absolute Gasteiger partial charge is 0.374 e. The molecule has 3 nitrogen and oxygen atoms in total. The summed E-state index contributed by atoms with van der Waals surface area (Å²) in [6.07, 6.45) is -2.00. The minimum Gasteiger partial charge on any atom is -0.374 e. The van der Waals surface area contributed by atoms with Gasteiger partial charge in [-0.15, -0.1) is 0 Å². The number of carbonyl (C=O) groups excluding carboxylic acids is 1. The van der Waals surface area contributed by atoms with Crippen LogP contribution in [0.3, 0.4) is 0 Å². The maximum atomic E-state index is 14.1. The summed E-state index contributed by atoms with van der Waals surface area (Å²) in [6, 6.07) is 8.75. The molecule has 0 spiro atoms. The Morgan fingerprint density at radius 2 is 1.78 bits per heavy atom. The summed E-state index contributed by atoms with van der Waals surface area (Å²) in [6.45, 7) is 1.84. The van der Waals surface area contributed by atoms with E-state index >= 15 is 0 Å². The third kappa shape index (κ3) is 5.41. The first-order valence-corrected chi connectivity index (χ1v) is 11.3. The fourth-order valence-corrected chi connectivity index (χ4v) is 4.39. The number of hydrogen-bond acceptors (Lipinski definition) is 3. The average Bonchev–Trinajstić information content (AvgIpc) is 3.18. The van der Waals surface area contributed by atoms with E-state index in [4.69, 9.17) is 39.6 Å². The van der Waals surface area contributed by atoms with Gasteiger partial charge in [0, 0.05) is 45.5 Å². The van der Waals surface area contributed by atoms with Gasteiger partial charge in [0.05, 0.1) is 5.71 Å². The molecule has 2 aromatic carbocycles. The van der Waals surface area contributed by atoms with Crippen molar-refractivity contribution in [1.82, 2.24) is 0 Å². The molecule has 1 heterocycles. The highest BCUT2D eigenvalue weighted by Crippen LogP contribution is 2.49. The number of nitrogens with zero attached hydrogens (tertiary/aromatic N) is 1. The van der Waals surface area contributed by atoms with Gasteiger partial charge < -0.3 is 4.84 Å². The van der Waals surface area contributed by atoms with E-state index in [2.05, 4.69) is 5.16 Å². The zero-order valence-corrected chi connectivity index (χ0v) is 19.5. The fourth-order valence-electron chi connectivity index (χ4n) is 3.59. The average molecular weight is 507 g/mol. The van der Waals surface area contributed by atoms with Crippen LogP contribution in [-0.4, -0.2) is 17.7 Å². The molecule has 0 aromatic heterocycles. The first-order valence-electron chi connectivity index (χ1n) is 10.1. The van der Waals surface area contributed by atoms with Gasteiger partial charge in [0.2, 0.25) is 0 Å². The van der Waals surface area contributed by atoms with Crippen LogP contribution in [0.5, 0.6) is 0 Å². The quantitative estimate of drug-likeness (QED) is 0.341. The van der Waals surface area contributed by atoms with Gasteiger partial charge in [-0.2, -0.15) is 13.2 Å². The maximum Gasteiger partial charge on any atom is 0.435 e. The second-order valence-corrected chi connectivity index (χ2v) is 8.97. The summed E-state index contributed by atoms with van der Waals surface area (Å²) in [5, 5.41) is 4.32. The summed E-state index contributed by atoms with van der Waals surface area (Å²) >= 11 is 18.2. The minimum atomic E-state index is -4.76. The number of halogens is 6. The van der Waals surface area contributed by atoms with Crippen molar-refractivity contribution in [3.05, 3.63) is 68.2 Å². The lowest BCUT2D eigenvalue weighted by Crippen LogP contribution is -2.42. The molecule has 9 heteroatoms. The number of benzene rings is 2. The van der Waals surface area contributed by atoms with Crippen LogP contribution in [-0.2, 0) is 21.7 Å². The number of alkyl halides is 3. The Labute approximate surface area is 199 Å². The number of hydrogen-bond donors (Lipinski definition) is 0. The number of unbranched alkanes of at least 4 members (excludes halogenated alkanes) is 1. The van der Waals surface area contributed by atoms with Crippen LogP contribution >= 0.6 is 34.8 Å². The van der Waals surface area contributed by atoms with Crippen molar-refractivity contribution in [3.8, 4) is 0 Å². The van der Waals surface area contributed by atoms with Gasteiger partial charge in [0.15, 0.2) is 0 Å². The summed E-state index contributed by atoms with van der Waals surface area (Å²) in [4.78, 5) is 16.4. The van der Waals surface area contributed by atoms with E-state index in [9.17, 15) is 18.0 Å². The molecular weight excluding hydrogens is 486 g/mol. The van der Waals surface area contributed by atoms with E-state index in [0.717, 1.165) is 18.4 Å². The highest BCUT2D eigenvalue weighted by Gasteiger charge is 2.62. The molecule has 1 aliphatic rings. The lowest BCUT2D eigenvalue weighted by Gasteiger charge is -2.29. The van der Waals surface area contributed by atoms with Gasteiger partial charge in [0.25, 0.3) is 5.60 Å². The zero-order chi connectivity index (χ0) is 23.5. The standard InChI is InChI=1S/C23H21Cl3F3NO2/c1-2-19(31)6-4-3-5-14-7-8-15(9-20(14)26)21-13-22(32-30-21,23(27,28)29)16-10-17(24)12-18(25)11-16/h7-12H,2-6,13H2,1H3. The van der Waals surface area contributed by atoms with Gasteiger partial charge in [-0.3, -0.25) is 4.79 Å². The van der Waals surface area contributed by atoms with Crippen molar-refractivity contribution in [2.24, 2.45) is 5.16 Å². The Morgan fingerprint density at radius 3 is 2.38 bits per heavy atom. The number of Topliss-reactive ketones (excluding diaryl/α,β-unsaturated/α-hetero) is 1. The largest absolute Gasteiger partial charge is 0.435 e. The molecule has 172 valence electrons. The third-order valence-corrected chi connectivity index (χ3v) is 6.24. The van der Waals surface area contributed by atoms with E-state index in [-0.39, 0.29) is 27.1 Å². The van der Waals surface area contributed by atoms with Gasteiger partial charge in [-0.05, 0) is 49.1 Å². The molecule has 0 saturated heterocycles. The summed E-state index contributed by atoms with van der Waals surface area (Å²) in [5.41, 5.74) is -1.47. The molecule has 1 aliphatic heterocycles. The zero-order valence-electron chi connectivity index (χ0n) is 17.2. The second kappa shape index (κ2) is 10.0. The predicted molar refractivity (Wildman–Crippen MR) is 121 cm³/mol. The van der Waals surface area contributed by atoms with E-state index in [1.54, 1.807) is 18.2 Å². The van der Waals surface area contributed by atoms with Crippen LogP contribution in [0.1, 0.15) is 55.7 Å². The van der Waals surface area contributed by atoms with Crippen LogP contribution in [0.25, 0.3) is 0 Å². The van der Waals surface area contributed by atoms with Crippen LogP contribution in [0.2, 0.25) is 15.1 Å². The first kappa shape index (κ1) is 24.9. The molecule has 0 fully saturated rings. The number of carbonyl (C=O) groups is 1. The highest BCUT2D eigenvalue weighted by molar-refractivity contribution is 6.34. The molecule has 0 amide bonds. The Kier molecular flexibility index (Phi) is 7.79. The van der Waals surface area contributed by atoms with Crippen LogP contribution in [0.4, 0.5) is 13.2 Å². The van der Waals surface area contributed by atoms with E-state index < -0.39 is 18.2 Å². The van der Waals surface area contributed by atoms with Crippen molar-refractivity contribution in [2.45, 2.75) is 57.2 Å². The molecular formula is C23H21Cl3F3NO2. The molecule has 1 atom stereocenters. The Balaban J connectivity index is 1.78. The molecule has 2 aromatic rings. The van der Waals surface area contributed by atoms with Crippen LogP contribution in [0, 0.1) is 0 Å². The number of ketones is 1. The number of aryl methyl sites for hydroxylation is 1. The second-order valence-electron chi connectivity index (χ2n) is 7.69. The topological polar surface area (TPSA) is 38.7 Å². The summed E-state index contributed by atoms with van der Waals surface area (Å²) < 4.78 is 42.4. The third-order valence-electron chi connectivity index (χ3n) is 5.45. The van der Waals surface area contributed by atoms with Gasteiger partial charge in [-0.25, -0.2) is 0 Å². The van der Waals surface area contributed by atoms with E-state index in [1.807, 2.05) is 6.92 Å². The van der Waals surface area contributed by atoms with Crippen LogP contribution < -0.4 is 0 Å². The molecule has 0 bridgehead atoms. The van der Waals surface area contributed by atoms with Gasteiger partial charge in [-0.1, -0.05) is 59.0 Å². The Morgan fingerprint density at radius 1 is 1.09 bits per heavy atom. The molecule has 0 saturated carbocycles. The van der Waals surface area contributed by atoms with Gasteiger partial charge >= 0.3 is 6.18 Å². The minimum absolute atomic E-state index is 0.0706. The van der Waals surface area contributed by atoms with E-state index in [1.165, 1.54) is 18.2 Å². The molecule has 0 aliphatic carbocycles. The molecule has 1 unspecified atom stereocenters. The number of oxime groups is 1. The Hall–Kier alpha value is -1.76. The van der Waals surface area contributed by atoms with Crippen molar-refractivity contribution in [3.63, 3.8) is 0 Å². The van der Waals surface area contributed by atoms with Crippen molar-refractivity contribution >= 4 is 46.3 Å². The summed E-state index contributed by atoms with van der Waals surface area (Å²) in [7, 11) is 0. The fraction of sp³-hybridized carbons (Fsp3) is 0.391. The monoisotopic (exact) mass is 505 g/mol. The SMILES string of the molecule is CCC(=O)CCCCc1ccc(C2=NOC(c3cc(Cl)cc(Cl)c3)(C(F)(F)F)C2)cc1Cl. The van der Waals surface area contributed by atoms with Crippen molar-refractivity contribution < 1.29 is 22.8 Å². The molecule has 3 rings (SSSR count). The lowest BCUT2D eigenvalue weighted by molar-refractivity contribution is -0.275. The van der Waals surface area contributed by atoms with Gasteiger partial charge in [0.1, 0.15) is 5.78 Å². The maximum absolute atomic E-state index is 14.1. The van der Waals surface area contributed by atoms with E-state index in [0.29, 0.717) is 29.8 Å². The normalized spacial score (nSPS) is 18.4. The molecule has 0 N–H and O–H groups in total. The highest BCUT2D eigenvalue weighted by atomic mass is 35.5. The van der Waals surface area contributed by atoms with Crippen molar-refractivity contribution in [1.29, 1.82) is 0 Å². The first-order chi connectivity index (χ1) is 15.1. The summed E-state index contributed by atoms with van der Waals surface area (Å²) in [5.74, 6) is 0.222. The lowest BCUT2D eigenvalue weighted by atomic mass is 9.86. The molecule has 0 radical (unpaired) electrons. The number of rotatable bonds is 8. The predicted octanol–water partition coefficient (Wildman–Crippen LogP) is 7.92. The van der Waals surface area contributed by atoms with Crippen molar-refractivity contribution in [2.75, 3.05) is 0 Å². The Bertz CT molecular complexity index is 1020. The van der Waals surface area contributed by atoms with Crippen LogP contribution in [0.15, 0.2) is 41.6 Å². The molecule has 32 heavy (non-hydrogen) atoms.